The summed E-state index contributed by atoms with van der Waals surface area (Å²) in [5.41, 5.74) is 2.61. The molecule has 0 radical (unpaired) electrons. The molecule has 3 heterocycles. The van der Waals surface area contributed by atoms with Gasteiger partial charge in [0.15, 0.2) is 0 Å². The topological polar surface area (TPSA) is 66.3 Å². The average molecular weight is 397 g/mol. The van der Waals surface area contributed by atoms with E-state index in [2.05, 4.69) is 27.2 Å². The highest BCUT2D eigenvalue weighted by Crippen LogP contribution is 2.29. The number of carbonyl (C=O) groups excluding carboxylic acids is 1. The van der Waals surface area contributed by atoms with Crippen molar-refractivity contribution in [1.29, 1.82) is 0 Å². The molecular formula is C20H24N6OS. The Labute approximate surface area is 168 Å². The smallest absolute Gasteiger partial charge is 0.321 e. The third kappa shape index (κ3) is 3.65. The van der Waals surface area contributed by atoms with Crippen LogP contribution in [0.3, 0.4) is 0 Å². The van der Waals surface area contributed by atoms with Crippen molar-refractivity contribution in [2.45, 2.75) is 13.0 Å². The van der Waals surface area contributed by atoms with Crippen molar-refractivity contribution in [1.82, 2.24) is 24.3 Å². The number of thiazole rings is 1. The predicted octanol–water partition coefficient (Wildman–Crippen LogP) is 3.37. The number of anilines is 1. The summed E-state index contributed by atoms with van der Waals surface area (Å²) in [5.74, 6) is 0.971. The lowest BCUT2D eigenvalue weighted by Gasteiger charge is -2.39. The van der Waals surface area contributed by atoms with Gasteiger partial charge in [0.25, 0.3) is 0 Å². The van der Waals surface area contributed by atoms with E-state index < -0.39 is 0 Å². The number of para-hydroxylation sites is 1. The number of aromatic nitrogens is 3. The molecule has 1 aliphatic heterocycles. The standard InChI is InChI=1S/C20H24N6OS/c1-14-22-17(13-28-14)15-6-4-5-7-16(15)23-20(27)26-11-10-24(2)18(12-26)19-21-8-9-25(19)3/h4-9,13,18H,10-12H2,1-3H3,(H,23,27)/t18-/m1/s1. The molecule has 0 spiro atoms. The van der Waals surface area contributed by atoms with E-state index in [1.165, 1.54) is 0 Å². The van der Waals surface area contributed by atoms with E-state index in [0.717, 1.165) is 34.3 Å². The van der Waals surface area contributed by atoms with Gasteiger partial charge in [-0.25, -0.2) is 14.8 Å². The van der Waals surface area contributed by atoms with E-state index in [1.54, 1.807) is 17.5 Å². The van der Waals surface area contributed by atoms with Crippen molar-refractivity contribution in [3.05, 3.63) is 52.9 Å². The summed E-state index contributed by atoms with van der Waals surface area (Å²) >= 11 is 1.61. The van der Waals surface area contributed by atoms with Crippen molar-refractivity contribution in [2.75, 3.05) is 32.0 Å². The Hall–Kier alpha value is -2.71. The van der Waals surface area contributed by atoms with Gasteiger partial charge in [0, 0.05) is 50.0 Å². The van der Waals surface area contributed by atoms with Crippen LogP contribution in [0.1, 0.15) is 16.9 Å². The van der Waals surface area contributed by atoms with Crippen LogP contribution in [0.15, 0.2) is 42.0 Å². The third-order valence-corrected chi connectivity index (χ3v) is 5.93. The Morgan fingerprint density at radius 3 is 2.79 bits per heavy atom. The fourth-order valence-electron chi connectivity index (χ4n) is 3.53. The molecule has 1 aliphatic rings. The van der Waals surface area contributed by atoms with Gasteiger partial charge in [-0.05, 0) is 20.0 Å². The number of carbonyl (C=O) groups is 1. The number of aryl methyl sites for hydroxylation is 2. The average Bonchev–Trinajstić information content (AvgIpc) is 3.31. The molecule has 0 bridgehead atoms. The zero-order valence-electron chi connectivity index (χ0n) is 16.3. The number of hydrogen-bond acceptors (Lipinski definition) is 5. The molecule has 146 valence electrons. The van der Waals surface area contributed by atoms with Crippen LogP contribution in [-0.4, -0.2) is 57.0 Å². The fourth-order valence-corrected chi connectivity index (χ4v) is 4.14. The van der Waals surface area contributed by atoms with Crippen LogP contribution in [0.5, 0.6) is 0 Å². The van der Waals surface area contributed by atoms with E-state index in [4.69, 9.17) is 0 Å². The van der Waals surface area contributed by atoms with Crippen molar-refractivity contribution >= 4 is 23.1 Å². The number of piperazine rings is 1. The highest BCUT2D eigenvalue weighted by atomic mass is 32.1. The number of imidazole rings is 1. The molecule has 2 aromatic heterocycles. The van der Waals surface area contributed by atoms with Crippen molar-refractivity contribution < 1.29 is 4.79 Å². The highest BCUT2D eigenvalue weighted by Gasteiger charge is 2.31. The lowest BCUT2D eigenvalue weighted by Crippen LogP contribution is -2.50. The molecular weight excluding hydrogens is 372 g/mol. The number of nitrogens with zero attached hydrogens (tertiary/aromatic N) is 5. The van der Waals surface area contributed by atoms with Gasteiger partial charge in [-0.1, -0.05) is 18.2 Å². The molecule has 1 aromatic carbocycles. The van der Waals surface area contributed by atoms with Crippen LogP contribution < -0.4 is 5.32 Å². The summed E-state index contributed by atoms with van der Waals surface area (Å²) in [4.78, 5) is 26.2. The van der Waals surface area contributed by atoms with E-state index in [9.17, 15) is 4.79 Å². The second-order valence-corrected chi connectivity index (χ2v) is 8.13. The first-order valence-corrected chi connectivity index (χ1v) is 10.2. The van der Waals surface area contributed by atoms with Gasteiger partial charge < -0.3 is 14.8 Å². The van der Waals surface area contributed by atoms with Gasteiger partial charge in [0.05, 0.1) is 22.4 Å². The van der Waals surface area contributed by atoms with Crippen LogP contribution in [0.2, 0.25) is 0 Å². The second kappa shape index (κ2) is 7.73. The molecule has 0 saturated carbocycles. The minimum absolute atomic E-state index is 0.0796. The van der Waals surface area contributed by atoms with Crippen LogP contribution in [0.4, 0.5) is 10.5 Å². The van der Waals surface area contributed by atoms with Crippen LogP contribution in [0.25, 0.3) is 11.3 Å². The number of likely N-dealkylation sites (N-methyl/N-ethyl adjacent to an activating group) is 1. The largest absolute Gasteiger partial charge is 0.337 e. The first kappa shape index (κ1) is 18.6. The molecule has 28 heavy (non-hydrogen) atoms. The van der Waals surface area contributed by atoms with Crippen molar-refractivity contribution in [3.63, 3.8) is 0 Å². The Morgan fingerprint density at radius 2 is 2.07 bits per heavy atom. The molecule has 1 atom stereocenters. The van der Waals surface area contributed by atoms with Crippen molar-refractivity contribution in [3.8, 4) is 11.3 Å². The summed E-state index contributed by atoms with van der Waals surface area (Å²) in [6.07, 6.45) is 3.74. The van der Waals surface area contributed by atoms with Gasteiger partial charge >= 0.3 is 6.03 Å². The number of hydrogen-bond donors (Lipinski definition) is 1. The number of amides is 2. The SMILES string of the molecule is Cc1nc(-c2ccccc2NC(=O)N2CCN(C)[C@@H](c3nccn3C)C2)cs1. The minimum Gasteiger partial charge on any atom is -0.337 e. The number of urea groups is 1. The maximum Gasteiger partial charge on any atom is 0.321 e. The Bertz CT molecular complexity index is 980. The highest BCUT2D eigenvalue weighted by molar-refractivity contribution is 7.09. The molecule has 1 fully saturated rings. The number of nitrogens with one attached hydrogen (secondary N) is 1. The first-order valence-electron chi connectivity index (χ1n) is 9.28. The Morgan fingerprint density at radius 1 is 1.25 bits per heavy atom. The molecule has 1 N–H and O–H groups in total. The molecule has 3 aromatic rings. The van der Waals surface area contributed by atoms with Gasteiger partial charge in [-0.15, -0.1) is 11.3 Å². The summed E-state index contributed by atoms with van der Waals surface area (Å²) in [7, 11) is 4.07. The van der Waals surface area contributed by atoms with Gasteiger partial charge in [0.1, 0.15) is 5.82 Å². The minimum atomic E-state index is -0.0910. The first-order chi connectivity index (χ1) is 13.5. The lowest BCUT2D eigenvalue weighted by atomic mass is 10.1. The molecule has 4 rings (SSSR count). The molecule has 1 saturated heterocycles. The molecule has 7 nitrogen and oxygen atoms in total. The monoisotopic (exact) mass is 396 g/mol. The van der Waals surface area contributed by atoms with E-state index >= 15 is 0 Å². The van der Waals surface area contributed by atoms with E-state index in [-0.39, 0.29) is 12.1 Å². The van der Waals surface area contributed by atoms with Gasteiger partial charge in [0.2, 0.25) is 0 Å². The molecule has 8 heteroatoms. The van der Waals surface area contributed by atoms with Gasteiger partial charge in [-0.2, -0.15) is 0 Å². The number of rotatable bonds is 3. The Balaban J connectivity index is 1.52. The van der Waals surface area contributed by atoms with Crippen molar-refractivity contribution in [2.24, 2.45) is 7.05 Å². The fraction of sp³-hybridized carbons (Fsp3) is 0.350. The lowest BCUT2D eigenvalue weighted by molar-refractivity contribution is 0.110. The maximum atomic E-state index is 13.0. The number of benzene rings is 1. The maximum absolute atomic E-state index is 13.0. The summed E-state index contributed by atoms with van der Waals surface area (Å²) in [6.45, 7) is 4.07. The normalized spacial score (nSPS) is 17.7. The van der Waals surface area contributed by atoms with Crippen LogP contribution in [-0.2, 0) is 7.05 Å². The zero-order valence-corrected chi connectivity index (χ0v) is 17.1. The Kier molecular flexibility index (Phi) is 5.15. The second-order valence-electron chi connectivity index (χ2n) is 7.07. The summed E-state index contributed by atoms with van der Waals surface area (Å²) in [6, 6.07) is 7.80. The quantitative estimate of drug-likeness (QED) is 0.737. The molecule has 0 aliphatic carbocycles. The summed E-state index contributed by atoms with van der Waals surface area (Å²) in [5, 5.41) is 6.12. The zero-order chi connectivity index (χ0) is 19.7. The van der Waals surface area contributed by atoms with Crippen LogP contribution >= 0.6 is 11.3 Å². The molecule has 2 amide bonds. The predicted molar refractivity (Wildman–Crippen MR) is 111 cm³/mol. The van der Waals surface area contributed by atoms with Crippen LogP contribution in [0, 0.1) is 6.92 Å². The molecule has 0 unspecified atom stereocenters. The van der Waals surface area contributed by atoms with Gasteiger partial charge in [-0.3, -0.25) is 4.90 Å². The summed E-state index contributed by atoms with van der Waals surface area (Å²) < 4.78 is 2.02. The van der Waals surface area contributed by atoms with E-state index in [1.807, 2.05) is 59.3 Å². The third-order valence-electron chi connectivity index (χ3n) is 5.16. The van der Waals surface area contributed by atoms with E-state index in [0.29, 0.717) is 13.1 Å².